The largest absolute Gasteiger partial charge is 0.368 e. The van der Waals surface area contributed by atoms with Gasteiger partial charge >= 0.3 is 0 Å². The van der Waals surface area contributed by atoms with Crippen molar-refractivity contribution >= 4 is 23.6 Å². The van der Waals surface area contributed by atoms with Gasteiger partial charge in [0.05, 0.1) is 0 Å². The SMILES string of the molecule is N/N=C(\NN)c1ccc([C@@H](NC(=O)c2cc(C(=O)NCc3ccc(F)cc3)ncn2)C(N)=O)cc1. The Balaban J connectivity index is 1.71. The maximum atomic E-state index is 13.0. The highest BCUT2D eigenvalue weighted by molar-refractivity contribution is 6.00. The lowest BCUT2D eigenvalue weighted by atomic mass is 10.0. The van der Waals surface area contributed by atoms with Crippen LogP contribution >= 0.6 is 0 Å². The van der Waals surface area contributed by atoms with Crippen molar-refractivity contribution in [2.24, 2.45) is 22.5 Å². The Kier molecular flexibility index (Phi) is 7.98. The zero-order chi connectivity index (χ0) is 25.4. The lowest BCUT2D eigenvalue weighted by molar-refractivity contribution is -0.120. The van der Waals surface area contributed by atoms with Crippen LogP contribution in [0.2, 0.25) is 0 Å². The van der Waals surface area contributed by atoms with Crippen LogP contribution in [0.3, 0.4) is 0 Å². The second-order valence-electron chi connectivity index (χ2n) is 7.15. The molecule has 0 aliphatic heterocycles. The van der Waals surface area contributed by atoms with Crippen LogP contribution < -0.4 is 33.5 Å². The number of nitrogens with one attached hydrogen (secondary N) is 3. The molecule has 2 aromatic carbocycles. The number of rotatable bonds is 8. The van der Waals surface area contributed by atoms with Gasteiger partial charge in [-0.2, -0.15) is 5.10 Å². The molecule has 0 saturated carbocycles. The van der Waals surface area contributed by atoms with Crippen LogP contribution in [0.25, 0.3) is 0 Å². The van der Waals surface area contributed by atoms with Crippen molar-refractivity contribution in [3.63, 3.8) is 0 Å². The van der Waals surface area contributed by atoms with Gasteiger partial charge in [0.2, 0.25) is 5.91 Å². The van der Waals surface area contributed by atoms with Crippen LogP contribution in [0.1, 0.15) is 43.7 Å². The van der Waals surface area contributed by atoms with E-state index in [9.17, 15) is 18.8 Å². The minimum Gasteiger partial charge on any atom is -0.368 e. The molecule has 13 heteroatoms. The molecule has 0 aliphatic carbocycles. The summed E-state index contributed by atoms with van der Waals surface area (Å²) in [5.74, 6) is 8.25. The quantitative estimate of drug-likeness (QED) is 0.108. The molecule has 9 N–H and O–H groups in total. The molecule has 3 amide bonds. The number of amidine groups is 1. The molecule has 180 valence electrons. The van der Waals surface area contributed by atoms with Crippen molar-refractivity contribution in [2.45, 2.75) is 12.6 Å². The second kappa shape index (κ2) is 11.3. The number of amides is 3. The Hall–Kier alpha value is -4.91. The number of carbonyl (C=O) groups excluding carboxylic acids is 3. The molecular formula is C22H22FN9O3. The number of hydrazine groups is 1. The predicted molar refractivity (Wildman–Crippen MR) is 123 cm³/mol. The summed E-state index contributed by atoms with van der Waals surface area (Å²) in [6, 6.07) is 11.8. The summed E-state index contributed by atoms with van der Waals surface area (Å²) >= 11 is 0. The molecule has 3 aromatic rings. The molecule has 0 unspecified atom stereocenters. The van der Waals surface area contributed by atoms with Crippen molar-refractivity contribution < 1.29 is 18.8 Å². The van der Waals surface area contributed by atoms with Gasteiger partial charge in [-0.1, -0.05) is 36.4 Å². The summed E-state index contributed by atoms with van der Waals surface area (Å²) in [6.45, 7) is 0.126. The Labute approximate surface area is 198 Å². The molecule has 12 nitrogen and oxygen atoms in total. The van der Waals surface area contributed by atoms with Crippen LogP contribution in [0.4, 0.5) is 4.39 Å². The average Bonchev–Trinajstić information content (AvgIpc) is 2.87. The highest BCUT2D eigenvalue weighted by atomic mass is 19.1. The molecule has 35 heavy (non-hydrogen) atoms. The maximum Gasteiger partial charge on any atom is 0.270 e. The van der Waals surface area contributed by atoms with E-state index in [0.29, 0.717) is 16.7 Å². The van der Waals surface area contributed by atoms with Gasteiger partial charge in [-0.15, -0.1) is 0 Å². The first-order valence-corrected chi connectivity index (χ1v) is 10.1. The van der Waals surface area contributed by atoms with E-state index in [1.54, 1.807) is 24.3 Å². The van der Waals surface area contributed by atoms with E-state index in [0.717, 1.165) is 6.33 Å². The van der Waals surface area contributed by atoms with E-state index >= 15 is 0 Å². The van der Waals surface area contributed by atoms with Crippen LogP contribution in [-0.4, -0.2) is 33.5 Å². The number of aromatic nitrogens is 2. The lowest BCUT2D eigenvalue weighted by Crippen LogP contribution is -2.38. The van der Waals surface area contributed by atoms with E-state index in [1.165, 1.54) is 30.3 Å². The monoisotopic (exact) mass is 479 g/mol. The van der Waals surface area contributed by atoms with Gasteiger partial charge in [-0.3, -0.25) is 14.4 Å². The summed E-state index contributed by atoms with van der Waals surface area (Å²) in [7, 11) is 0. The molecule has 0 fully saturated rings. The number of benzene rings is 2. The molecule has 1 heterocycles. The fourth-order valence-corrected chi connectivity index (χ4v) is 3.03. The third-order valence-corrected chi connectivity index (χ3v) is 4.84. The predicted octanol–water partition coefficient (Wildman–Crippen LogP) is -0.414. The first kappa shape index (κ1) is 24.7. The Bertz CT molecular complexity index is 1250. The molecule has 0 saturated heterocycles. The van der Waals surface area contributed by atoms with Gasteiger partial charge in [0.25, 0.3) is 11.8 Å². The molecule has 3 rings (SSSR count). The number of halogens is 1. The van der Waals surface area contributed by atoms with Gasteiger partial charge in [-0.25, -0.2) is 20.2 Å². The van der Waals surface area contributed by atoms with Gasteiger partial charge in [0.15, 0.2) is 5.84 Å². The van der Waals surface area contributed by atoms with Gasteiger partial charge in [0, 0.05) is 18.2 Å². The highest BCUT2D eigenvalue weighted by Crippen LogP contribution is 2.15. The summed E-state index contributed by atoms with van der Waals surface area (Å²) < 4.78 is 13.0. The number of nitrogens with zero attached hydrogens (tertiary/aromatic N) is 3. The van der Waals surface area contributed by atoms with E-state index in [-0.39, 0.29) is 23.8 Å². The molecule has 1 atom stereocenters. The van der Waals surface area contributed by atoms with Crippen LogP contribution in [0.5, 0.6) is 0 Å². The third kappa shape index (κ3) is 6.33. The number of primary amides is 1. The molecular weight excluding hydrogens is 457 g/mol. The number of hydrogen-bond donors (Lipinski definition) is 6. The fraction of sp³-hybridized carbons (Fsp3) is 0.0909. The van der Waals surface area contributed by atoms with Crippen molar-refractivity contribution in [2.75, 3.05) is 0 Å². The van der Waals surface area contributed by atoms with Gasteiger partial charge in [0.1, 0.15) is 29.6 Å². The average molecular weight is 479 g/mol. The summed E-state index contributed by atoms with van der Waals surface area (Å²) in [6.07, 6.45) is 1.04. The standard InChI is InChI=1S/C22H22FN9O3/c23-15-7-1-12(2-8-15)10-27-21(34)16-9-17(29-11-28-16)22(35)30-18(19(24)33)13-3-5-14(6-4-13)20(31-25)32-26/h1-9,11,18H,10,25-26H2,(H2,24,33)(H,27,34)(H,30,35)(H,31,32)/t18-/m1/s1. The van der Waals surface area contributed by atoms with Crippen LogP contribution in [-0.2, 0) is 11.3 Å². The minimum absolute atomic E-state index is 0.0740. The number of hydrogen-bond acceptors (Lipinski definition) is 8. The third-order valence-electron chi connectivity index (χ3n) is 4.84. The Morgan fingerprint density at radius 3 is 2.17 bits per heavy atom. The van der Waals surface area contributed by atoms with Crippen molar-refractivity contribution in [3.05, 3.63) is 94.8 Å². The van der Waals surface area contributed by atoms with Crippen molar-refractivity contribution in [1.82, 2.24) is 26.0 Å². The molecule has 0 radical (unpaired) electrons. The second-order valence-corrected chi connectivity index (χ2v) is 7.15. The Morgan fingerprint density at radius 1 is 0.971 bits per heavy atom. The normalized spacial score (nSPS) is 11.9. The molecule has 0 spiro atoms. The van der Waals surface area contributed by atoms with Crippen LogP contribution in [0.15, 0.2) is 66.0 Å². The zero-order valence-corrected chi connectivity index (χ0v) is 18.2. The minimum atomic E-state index is -1.19. The van der Waals surface area contributed by atoms with Crippen LogP contribution in [0, 0.1) is 5.82 Å². The topological polar surface area (TPSA) is 203 Å². The maximum absolute atomic E-state index is 13.0. The number of nitrogens with two attached hydrogens (primary N) is 3. The lowest BCUT2D eigenvalue weighted by Gasteiger charge is -2.16. The van der Waals surface area contributed by atoms with Gasteiger partial charge < -0.3 is 27.6 Å². The zero-order valence-electron chi connectivity index (χ0n) is 18.2. The van der Waals surface area contributed by atoms with Crippen molar-refractivity contribution in [1.29, 1.82) is 0 Å². The van der Waals surface area contributed by atoms with E-state index in [4.69, 9.17) is 17.4 Å². The van der Waals surface area contributed by atoms with Crippen molar-refractivity contribution in [3.8, 4) is 0 Å². The summed E-state index contributed by atoms with van der Waals surface area (Å²) in [5.41, 5.74) is 9.18. The Morgan fingerprint density at radius 2 is 1.60 bits per heavy atom. The molecule has 0 aliphatic rings. The molecule has 0 bridgehead atoms. The number of hydrazone groups is 1. The number of carbonyl (C=O) groups is 3. The fourth-order valence-electron chi connectivity index (χ4n) is 3.03. The first-order valence-electron chi connectivity index (χ1n) is 10.1. The van der Waals surface area contributed by atoms with E-state index < -0.39 is 29.6 Å². The summed E-state index contributed by atoms with van der Waals surface area (Å²) in [4.78, 5) is 44.9. The van der Waals surface area contributed by atoms with Gasteiger partial charge in [-0.05, 0) is 23.3 Å². The van der Waals surface area contributed by atoms with E-state index in [1.807, 2.05) is 0 Å². The van der Waals surface area contributed by atoms with E-state index in [2.05, 4.69) is 31.1 Å². The smallest absolute Gasteiger partial charge is 0.270 e. The highest BCUT2D eigenvalue weighted by Gasteiger charge is 2.23. The molecule has 1 aromatic heterocycles. The first-order chi connectivity index (χ1) is 16.8. The summed E-state index contributed by atoms with van der Waals surface area (Å²) in [5, 5.41) is 8.60.